The van der Waals surface area contributed by atoms with Crippen LogP contribution >= 0.6 is 0 Å². The van der Waals surface area contributed by atoms with E-state index in [1.54, 1.807) is 44.4 Å². The summed E-state index contributed by atoms with van der Waals surface area (Å²) >= 11 is 0. The van der Waals surface area contributed by atoms with E-state index in [0.29, 0.717) is 22.6 Å². The van der Waals surface area contributed by atoms with Crippen molar-refractivity contribution in [1.82, 2.24) is 0 Å². The average molecular weight is 347 g/mol. The van der Waals surface area contributed by atoms with Gasteiger partial charge in [-0.1, -0.05) is 0 Å². The molecular weight excluding hydrogens is 330 g/mol. The molecule has 0 spiro atoms. The highest BCUT2D eigenvalue weighted by atomic mass is 32.2. The second-order valence-corrected chi connectivity index (χ2v) is 6.60. The van der Waals surface area contributed by atoms with Gasteiger partial charge in [0.2, 0.25) is 0 Å². The minimum absolute atomic E-state index is 0.289. The zero-order valence-electron chi connectivity index (χ0n) is 13.1. The summed E-state index contributed by atoms with van der Waals surface area (Å²) in [7, 11) is 0.0290. The molecule has 3 rings (SSSR count). The highest BCUT2D eigenvalue weighted by Crippen LogP contribution is 2.32. The van der Waals surface area contributed by atoms with Gasteiger partial charge in [-0.15, -0.1) is 0 Å². The van der Waals surface area contributed by atoms with Crippen LogP contribution in [0.15, 0.2) is 36.4 Å². The van der Waals surface area contributed by atoms with E-state index in [-0.39, 0.29) is 5.91 Å². The Morgan fingerprint density at radius 2 is 1.62 bits per heavy atom. The molecule has 1 aliphatic rings. The zero-order valence-corrected chi connectivity index (χ0v) is 13.9. The molecule has 1 aliphatic heterocycles. The Kier molecular flexibility index (Phi) is 3.94. The van der Waals surface area contributed by atoms with E-state index < -0.39 is 10.2 Å². The predicted molar refractivity (Wildman–Crippen MR) is 96.1 cm³/mol. The van der Waals surface area contributed by atoms with E-state index in [2.05, 4.69) is 25.4 Å². The Hall–Kier alpha value is -2.94. The summed E-state index contributed by atoms with van der Waals surface area (Å²) < 4.78 is 27.6. The van der Waals surface area contributed by atoms with Crippen molar-refractivity contribution in [1.29, 1.82) is 0 Å². The summed E-state index contributed by atoms with van der Waals surface area (Å²) in [5.41, 5.74) is 3.51. The molecule has 2 aromatic carbocycles. The van der Waals surface area contributed by atoms with Crippen molar-refractivity contribution in [2.75, 3.05) is 39.5 Å². The molecule has 1 heterocycles. The topological polar surface area (TPSA) is 111 Å². The van der Waals surface area contributed by atoms with Crippen LogP contribution in [0.25, 0.3) is 0 Å². The van der Waals surface area contributed by atoms with E-state index in [1.807, 2.05) is 6.07 Å². The monoisotopic (exact) mass is 347 g/mol. The van der Waals surface area contributed by atoms with Crippen LogP contribution in [-0.2, 0) is 10.2 Å². The van der Waals surface area contributed by atoms with Gasteiger partial charge in [-0.3, -0.25) is 14.2 Å². The van der Waals surface area contributed by atoms with E-state index in [4.69, 9.17) is 0 Å². The molecule has 8 nitrogen and oxygen atoms in total. The Morgan fingerprint density at radius 3 is 2.33 bits per heavy atom. The number of nitrogens with one attached hydrogen (secondary N) is 5. The summed E-state index contributed by atoms with van der Waals surface area (Å²) in [5.74, 6) is -0.289. The molecule has 0 fully saturated rings. The molecule has 0 saturated carbocycles. The summed E-state index contributed by atoms with van der Waals surface area (Å²) in [6, 6.07) is 10.0. The van der Waals surface area contributed by atoms with Gasteiger partial charge in [0.15, 0.2) is 0 Å². The van der Waals surface area contributed by atoms with Gasteiger partial charge in [-0.25, -0.2) is 0 Å². The number of benzene rings is 2. The second kappa shape index (κ2) is 5.93. The SMILES string of the molecule is CNc1ccc(C(=O)Nc2ccc3c(c2)NS(=O)(=O)N3)cc1NC. The first-order valence-electron chi connectivity index (χ1n) is 7.17. The lowest BCUT2D eigenvalue weighted by Gasteiger charge is -2.11. The number of hydrogen-bond acceptors (Lipinski definition) is 5. The minimum atomic E-state index is -3.55. The Bertz CT molecular complexity index is 911. The summed E-state index contributed by atoms with van der Waals surface area (Å²) in [6.07, 6.45) is 0. The number of anilines is 5. The fourth-order valence-electron chi connectivity index (χ4n) is 2.42. The quantitative estimate of drug-likeness (QED) is 0.582. The highest BCUT2D eigenvalue weighted by Gasteiger charge is 2.22. The van der Waals surface area contributed by atoms with Crippen LogP contribution in [0.3, 0.4) is 0 Å². The molecule has 0 radical (unpaired) electrons. The third-order valence-corrected chi connectivity index (χ3v) is 4.56. The smallest absolute Gasteiger partial charge is 0.321 e. The maximum absolute atomic E-state index is 12.4. The van der Waals surface area contributed by atoms with Gasteiger partial charge in [-0.2, -0.15) is 8.42 Å². The second-order valence-electron chi connectivity index (χ2n) is 5.18. The number of fused-ring (bicyclic) bond motifs is 1. The number of carbonyl (C=O) groups is 1. The molecule has 24 heavy (non-hydrogen) atoms. The van der Waals surface area contributed by atoms with Gasteiger partial charge < -0.3 is 16.0 Å². The summed E-state index contributed by atoms with van der Waals surface area (Å²) in [5, 5.41) is 8.81. The van der Waals surface area contributed by atoms with Crippen molar-refractivity contribution in [2.45, 2.75) is 0 Å². The molecule has 0 saturated heterocycles. The lowest BCUT2D eigenvalue weighted by Crippen LogP contribution is -2.13. The van der Waals surface area contributed by atoms with Crippen LogP contribution in [-0.4, -0.2) is 28.4 Å². The number of rotatable bonds is 4. The van der Waals surface area contributed by atoms with Gasteiger partial charge in [0.05, 0.1) is 22.7 Å². The Balaban J connectivity index is 1.81. The van der Waals surface area contributed by atoms with E-state index in [1.165, 1.54) is 0 Å². The molecule has 9 heteroatoms. The third-order valence-electron chi connectivity index (χ3n) is 3.59. The van der Waals surface area contributed by atoms with Crippen LogP contribution in [0, 0.1) is 0 Å². The molecule has 0 bridgehead atoms. The van der Waals surface area contributed by atoms with Gasteiger partial charge in [-0.05, 0) is 36.4 Å². The van der Waals surface area contributed by atoms with Crippen LogP contribution in [0.5, 0.6) is 0 Å². The first kappa shape index (κ1) is 15.9. The summed E-state index contributed by atoms with van der Waals surface area (Å²) in [6.45, 7) is 0. The Morgan fingerprint density at radius 1 is 0.917 bits per heavy atom. The minimum Gasteiger partial charge on any atom is -0.386 e. The maximum Gasteiger partial charge on any atom is 0.321 e. The Labute approximate surface area is 139 Å². The average Bonchev–Trinajstić information content (AvgIpc) is 2.87. The molecule has 0 aliphatic carbocycles. The van der Waals surface area contributed by atoms with E-state index in [9.17, 15) is 13.2 Å². The van der Waals surface area contributed by atoms with Crippen molar-refractivity contribution in [3.05, 3.63) is 42.0 Å². The fraction of sp³-hybridized carbons (Fsp3) is 0.133. The van der Waals surface area contributed by atoms with Crippen LogP contribution in [0.4, 0.5) is 28.4 Å². The molecule has 2 aromatic rings. The molecular formula is C15H17N5O3S. The predicted octanol–water partition coefficient (Wildman–Crippen LogP) is 2.10. The van der Waals surface area contributed by atoms with E-state index >= 15 is 0 Å². The highest BCUT2D eigenvalue weighted by molar-refractivity contribution is 7.94. The number of carbonyl (C=O) groups excluding carboxylic acids is 1. The van der Waals surface area contributed by atoms with Gasteiger partial charge >= 0.3 is 10.2 Å². The van der Waals surface area contributed by atoms with Crippen LogP contribution in [0.2, 0.25) is 0 Å². The van der Waals surface area contributed by atoms with Crippen LogP contribution < -0.4 is 25.4 Å². The lowest BCUT2D eigenvalue weighted by molar-refractivity contribution is 0.102. The number of hydrogen-bond donors (Lipinski definition) is 5. The zero-order chi connectivity index (χ0) is 17.3. The first-order valence-corrected chi connectivity index (χ1v) is 8.65. The van der Waals surface area contributed by atoms with Crippen molar-refractivity contribution in [3.63, 3.8) is 0 Å². The standard InChI is InChI=1S/C15H17N5O3S/c1-16-11-5-3-9(7-13(11)17-2)15(21)18-10-4-6-12-14(8-10)20-24(22,23)19-12/h3-8,16-17,19-20H,1-2H3,(H,18,21). The molecule has 126 valence electrons. The van der Waals surface area contributed by atoms with Crippen molar-refractivity contribution < 1.29 is 13.2 Å². The molecule has 0 unspecified atom stereocenters. The van der Waals surface area contributed by atoms with E-state index in [0.717, 1.165) is 11.4 Å². The molecule has 0 aromatic heterocycles. The van der Waals surface area contributed by atoms with Crippen molar-refractivity contribution in [3.8, 4) is 0 Å². The van der Waals surface area contributed by atoms with Crippen molar-refractivity contribution >= 4 is 44.6 Å². The first-order chi connectivity index (χ1) is 11.4. The molecule has 0 atom stereocenters. The fourth-order valence-corrected chi connectivity index (χ4v) is 3.40. The third kappa shape index (κ3) is 3.06. The maximum atomic E-state index is 12.4. The lowest BCUT2D eigenvalue weighted by atomic mass is 10.1. The number of amides is 1. The van der Waals surface area contributed by atoms with Gasteiger partial charge in [0, 0.05) is 25.3 Å². The van der Waals surface area contributed by atoms with Gasteiger partial charge in [0.25, 0.3) is 5.91 Å². The van der Waals surface area contributed by atoms with Crippen molar-refractivity contribution in [2.24, 2.45) is 0 Å². The molecule has 5 N–H and O–H groups in total. The normalized spacial score (nSPS) is 14.1. The molecule has 1 amide bonds. The van der Waals surface area contributed by atoms with Crippen LogP contribution in [0.1, 0.15) is 10.4 Å². The largest absolute Gasteiger partial charge is 0.386 e. The van der Waals surface area contributed by atoms with Gasteiger partial charge in [0.1, 0.15) is 0 Å². The summed E-state index contributed by atoms with van der Waals surface area (Å²) in [4.78, 5) is 12.4.